The molecule has 1 aromatic rings. The summed E-state index contributed by atoms with van der Waals surface area (Å²) in [6.07, 6.45) is 0.594. The van der Waals surface area contributed by atoms with E-state index in [4.69, 9.17) is 4.74 Å². The number of anilines is 1. The summed E-state index contributed by atoms with van der Waals surface area (Å²) in [5.74, 6) is -0.885. The van der Waals surface area contributed by atoms with Crippen molar-refractivity contribution in [3.8, 4) is 0 Å². The Balaban J connectivity index is 1.79. The van der Waals surface area contributed by atoms with Crippen LogP contribution in [0.2, 0.25) is 0 Å². The fourth-order valence-corrected chi connectivity index (χ4v) is 3.60. The van der Waals surface area contributed by atoms with E-state index in [1.807, 2.05) is 19.9 Å². The highest BCUT2D eigenvalue weighted by atomic mass is 16.5. The van der Waals surface area contributed by atoms with Crippen LogP contribution >= 0.6 is 0 Å². The lowest BCUT2D eigenvalue weighted by molar-refractivity contribution is -0.128. The number of aromatic carboxylic acids is 1. The number of carbonyl (C=O) groups excluding carboxylic acids is 1. The van der Waals surface area contributed by atoms with Gasteiger partial charge >= 0.3 is 5.97 Å². The SMILES string of the molecule is CC(C)(CN1CCOCC1)C(=O)N1CCc2c(C(=O)O)cccc21. The van der Waals surface area contributed by atoms with Crippen molar-refractivity contribution in [3.05, 3.63) is 29.3 Å². The van der Waals surface area contributed by atoms with E-state index in [0.29, 0.717) is 38.3 Å². The lowest BCUT2D eigenvalue weighted by Gasteiger charge is -2.36. The van der Waals surface area contributed by atoms with Crippen LogP contribution in [0.15, 0.2) is 18.2 Å². The van der Waals surface area contributed by atoms with Gasteiger partial charge in [0.1, 0.15) is 0 Å². The second-order valence-corrected chi connectivity index (χ2v) is 7.09. The van der Waals surface area contributed by atoms with E-state index in [1.165, 1.54) is 0 Å². The van der Waals surface area contributed by atoms with Crippen molar-refractivity contribution in [2.75, 3.05) is 44.3 Å². The molecule has 3 rings (SSSR count). The molecule has 1 fully saturated rings. The number of rotatable bonds is 4. The maximum Gasteiger partial charge on any atom is 0.336 e. The molecule has 1 amide bonds. The van der Waals surface area contributed by atoms with Crippen LogP contribution in [0.1, 0.15) is 29.8 Å². The molecule has 0 bridgehead atoms. The van der Waals surface area contributed by atoms with Gasteiger partial charge in [-0.2, -0.15) is 0 Å². The zero-order valence-electron chi connectivity index (χ0n) is 14.2. The minimum Gasteiger partial charge on any atom is -0.478 e. The molecule has 0 unspecified atom stereocenters. The number of carboxylic acids is 1. The number of carboxylic acid groups (broad SMARTS) is 1. The van der Waals surface area contributed by atoms with Gasteiger partial charge in [-0.05, 0) is 38.0 Å². The Morgan fingerprint density at radius 3 is 2.58 bits per heavy atom. The van der Waals surface area contributed by atoms with Crippen LogP contribution in [-0.2, 0) is 16.0 Å². The van der Waals surface area contributed by atoms with Gasteiger partial charge in [0, 0.05) is 31.9 Å². The van der Waals surface area contributed by atoms with Crippen molar-refractivity contribution < 1.29 is 19.4 Å². The second-order valence-electron chi connectivity index (χ2n) is 7.09. The molecule has 2 heterocycles. The molecule has 0 spiro atoms. The van der Waals surface area contributed by atoms with Crippen molar-refractivity contribution in [2.24, 2.45) is 5.41 Å². The molecule has 1 aromatic carbocycles. The number of hydrogen-bond donors (Lipinski definition) is 1. The molecule has 1 N–H and O–H groups in total. The minimum atomic E-state index is -0.936. The van der Waals surface area contributed by atoms with Crippen molar-refractivity contribution in [1.29, 1.82) is 0 Å². The van der Waals surface area contributed by atoms with Crippen molar-refractivity contribution in [2.45, 2.75) is 20.3 Å². The first kappa shape index (κ1) is 16.9. The molecule has 0 radical (unpaired) electrons. The van der Waals surface area contributed by atoms with E-state index in [2.05, 4.69) is 4.90 Å². The molecular formula is C18H24N2O4. The fraction of sp³-hybridized carbons (Fsp3) is 0.556. The Morgan fingerprint density at radius 1 is 1.21 bits per heavy atom. The molecule has 24 heavy (non-hydrogen) atoms. The summed E-state index contributed by atoms with van der Waals surface area (Å²) in [5.41, 5.74) is 1.28. The van der Waals surface area contributed by atoms with Gasteiger partial charge in [-0.3, -0.25) is 9.69 Å². The quantitative estimate of drug-likeness (QED) is 0.907. The van der Waals surface area contributed by atoms with Gasteiger partial charge in [0.2, 0.25) is 5.91 Å². The highest BCUT2D eigenvalue weighted by Gasteiger charge is 2.38. The molecular weight excluding hydrogens is 308 g/mol. The number of morpholine rings is 1. The second kappa shape index (κ2) is 6.53. The molecule has 1 saturated heterocycles. The molecule has 0 aromatic heterocycles. The highest BCUT2D eigenvalue weighted by Crippen LogP contribution is 2.34. The van der Waals surface area contributed by atoms with Crippen LogP contribution in [0.5, 0.6) is 0 Å². The number of hydrogen-bond acceptors (Lipinski definition) is 4. The van der Waals surface area contributed by atoms with E-state index in [1.54, 1.807) is 17.0 Å². The third-order valence-electron chi connectivity index (χ3n) is 4.80. The van der Waals surface area contributed by atoms with Crippen LogP contribution < -0.4 is 4.90 Å². The van der Waals surface area contributed by atoms with Gasteiger partial charge in [-0.15, -0.1) is 0 Å². The first-order valence-corrected chi connectivity index (χ1v) is 8.37. The average Bonchev–Trinajstić information content (AvgIpc) is 2.98. The zero-order valence-corrected chi connectivity index (χ0v) is 14.2. The van der Waals surface area contributed by atoms with Crippen molar-refractivity contribution in [3.63, 3.8) is 0 Å². The minimum absolute atomic E-state index is 0.0512. The molecule has 0 atom stereocenters. The Kier molecular flexibility index (Phi) is 4.60. The molecule has 6 nitrogen and oxygen atoms in total. The summed E-state index contributed by atoms with van der Waals surface area (Å²) in [5, 5.41) is 9.33. The average molecular weight is 332 g/mol. The fourth-order valence-electron chi connectivity index (χ4n) is 3.60. The van der Waals surface area contributed by atoms with Gasteiger partial charge in [0.15, 0.2) is 0 Å². The van der Waals surface area contributed by atoms with Crippen LogP contribution in [0.25, 0.3) is 0 Å². The van der Waals surface area contributed by atoms with Crippen molar-refractivity contribution in [1.82, 2.24) is 4.90 Å². The van der Waals surface area contributed by atoms with E-state index in [-0.39, 0.29) is 5.91 Å². The summed E-state index contributed by atoms with van der Waals surface area (Å²) < 4.78 is 5.36. The Morgan fingerprint density at radius 2 is 1.92 bits per heavy atom. The number of amides is 1. The third kappa shape index (κ3) is 3.16. The summed E-state index contributed by atoms with van der Waals surface area (Å²) in [4.78, 5) is 28.5. The number of fused-ring (bicyclic) bond motifs is 1. The summed E-state index contributed by atoms with van der Waals surface area (Å²) in [6.45, 7) is 8.25. The van der Waals surface area contributed by atoms with E-state index < -0.39 is 11.4 Å². The molecule has 0 aliphatic carbocycles. The van der Waals surface area contributed by atoms with Crippen LogP contribution in [0.3, 0.4) is 0 Å². The van der Waals surface area contributed by atoms with Crippen LogP contribution in [0, 0.1) is 5.41 Å². The number of benzene rings is 1. The highest BCUT2D eigenvalue weighted by molar-refractivity contribution is 6.01. The summed E-state index contributed by atoms with van der Waals surface area (Å²) in [7, 11) is 0. The van der Waals surface area contributed by atoms with Crippen LogP contribution in [0.4, 0.5) is 5.69 Å². The van der Waals surface area contributed by atoms with Gasteiger partial charge in [0.05, 0.1) is 24.2 Å². The topological polar surface area (TPSA) is 70.1 Å². The predicted octanol–water partition coefficient (Wildman–Crippen LogP) is 1.63. The molecule has 130 valence electrons. The number of carbonyl (C=O) groups is 2. The molecule has 2 aliphatic heterocycles. The molecule has 6 heteroatoms. The normalized spacial score (nSPS) is 18.5. The number of nitrogens with zero attached hydrogens (tertiary/aromatic N) is 2. The lowest BCUT2D eigenvalue weighted by Crippen LogP contribution is -2.49. The zero-order chi connectivity index (χ0) is 17.3. The van der Waals surface area contributed by atoms with E-state index >= 15 is 0 Å². The third-order valence-corrected chi connectivity index (χ3v) is 4.80. The van der Waals surface area contributed by atoms with Crippen molar-refractivity contribution >= 4 is 17.6 Å². The Hall–Kier alpha value is -1.92. The lowest BCUT2D eigenvalue weighted by atomic mass is 9.90. The van der Waals surface area contributed by atoms with Gasteiger partial charge < -0.3 is 14.7 Å². The summed E-state index contributed by atoms with van der Waals surface area (Å²) >= 11 is 0. The monoisotopic (exact) mass is 332 g/mol. The van der Waals surface area contributed by atoms with Crippen LogP contribution in [-0.4, -0.2) is 61.3 Å². The van der Waals surface area contributed by atoms with E-state index in [0.717, 1.165) is 24.3 Å². The molecule has 2 aliphatic rings. The Bertz CT molecular complexity index is 650. The number of ether oxygens (including phenoxy) is 1. The maximum atomic E-state index is 13.1. The first-order valence-electron chi connectivity index (χ1n) is 8.37. The predicted molar refractivity (Wildman–Crippen MR) is 90.5 cm³/mol. The summed E-state index contributed by atoms with van der Waals surface area (Å²) in [6, 6.07) is 5.16. The van der Waals surface area contributed by atoms with Gasteiger partial charge in [-0.25, -0.2) is 4.79 Å². The standard InChI is InChI=1S/C18H24N2O4/c1-18(2,12-19-8-10-24-11-9-19)17(23)20-7-6-13-14(16(21)22)4-3-5-15(13)20/h3-5H,6-12H2,1-2H3,(H,21,22). The maximum absolute atomic E-state index is 13.1. The van der Waals surface area contributed by atoms with Gasteiger partial charge in [-0.1, -0.05) is 6.07 Å². The smallest absolute Gasteiger partial charge is 0.336 e. The largest absolute Gasteiger partial charge is 0.478 e. The van der Waals surface area contributed by atoms with Gasteiger partial charge in [0.25, 0.3) is 0 Å². The Labute approximate surface area is 142 Å². The molecule has 0 saturated carbocycles. The first-order chi connectivity index (χ1) is 11.4. The van der Waals surface area contributed by atoms with E-state index in [9.17, 15) is 14.7 Å².